The summed E-state index contributed by atoms with van der Waals surface area (Å²) in [6.07, 6.45) is 5.44. The number of oxazole rings is 1. The zero-order chi connectivity index (χ0) is 18.1. The van der Waals surface area contributed by atoms with Crippen LogP contribution < -0.4 is 14.9 Å². The van der Waals surface area contributed by atoms with Crippen LogP contribution in [-0.4, -0.2) is 26.0 Å². The monoisotopic (exact) mass is 367 g/mol. The molecule has 3 aromatic rings. The molecule has 0 N–H and O–H groups in total. The fourth-order valence-electron chi connectivity index (χ4n) is 3.43. The molecule has 0 atom stereocenters. The maximum Gasteiger partial charge on any atom is 0.199 e. The average molecular weight is 368 g/mol. The topological polar surface area (TPSA) is 44.5 Å². The van der Waals surface area contributed by atoms with Crippen molar-refractivity contribution in [1.29, 1.82) is 0 Å². The van der Waals surface area contributed by atoms with Crippen LogP contribution >= 0.6 is 11.6 Å². The van der Waals surface area contributed by atoms with Gasteiger partial charge in [0, 0.05) is 11.4 Å². The van der Waals surface area contributed by atoms with Crippen molar-refractivity contribution in [3.63, 3.8) is 0 Å². The molecule has 1 aliphatic rings. The normalized spacial score (nSPS) is 14.8. The molecule has 1 heterocycles. The Morgan fingerprint density at radius 1 is 1.19 bits per heavy atom. The Bertz CT molecular complexity index is 934. The highest BCUT2D eigenvalue weighted by molar-refractivity contribution is 6.40. The van der Waals surface area contributed by atoms with Crippen molar-refractivity contribution in [2.45, 2.75) is 38.2 Å². The van der Waals surface area contributed by atoms with Crippen molar-refractivity contribution in [2.24, 2.45) is 0 Å². The first-order chi connectivity index (χ1) is 12.6. The zero-order valence-electron chi connectivity index (χ0n) is 14.6. The molecule has 132 valence electrons. The number of halogens is 1. The van der Waals surface area contributed by atoms with Crippen LogP contribution in [0.5, 0.6) is 11.5 Å². The molecule has 2 aromatic carbocycles. The van der Waals surface area contributed by atoms with E-state index in [1.807, 2.05) is 18.2 Å². The first-order valence-corrected chi connectivity index (χ1v) is 9.18. The summed E-state index contributed by atoms with van der Waals surface area (Å²) in [5, 5.41) is 0.548. The summed E-state index contributed by atoms with van der Waals surface area (Å²) in [5.41, 5.74) is 2.77. The number of hydrogen-bond acceptors (Lipinski definition) is 4. The Balaban J connectivity index is 1.60. The maximum atomic E-state index is 6.16. The SMILES string of the molecule is [B]c1cc(Cl)cc2nc(Cc3ccc(OC)c(OC4CCCC4)c3)oc12. The summed E-state index contributed by atoms with van der Waals surface area (Å²) < 4.78 is 17.4. The lowest BCUT2D eigenvalue weighted by Gasteiger charge is -2.16. The molecule has 26 heavy (non-hydrogen) atoms. The maximum absolute atomic E-state index is 6.16. The van der Waals surface area contributed by atoms with Crippen molar-refractivity contribution in [1.82, 2.24) is 4.98 Å². The summed E-state index contributed by atoms with van der Waals surface area (Å²) in [4.78, 5) is 4.50. The van der Waals surface area contributed by atoms with E-state index in [0.717, 1.165) is 29.9 Å². The van der Waals surface area contributed by atoms with Crippen LogP contribution in [0.25, 0.3) is 11.1 Å². The lowest BCUT2D eigenvalue weighted by atomic mass is 9.95. The Hall–Kier alpha value is -2.14. The molecule has 1 aromatic heterocycles. The predicted molar refractivity (Wildman–Crippen MR) is 103 cm³/mol. The second-order valence-electron chi connectivity index (χ2n) is 6.64. The van der Waals surface area contributed by atoms with Gasteiger partial charge in [-0.05, 0) is 55.5 Å². The molecule has 4 rings (SSSR count). The smallest absolute Gasteiger partial charge is 0.199 e. The van der Waals surface area contributed by atoms with E-state index >= 15 is 0 Å². The van der Waals surface area contributed by atoms with Crippen LogP contribution in [0.1, 0.15) is 37.1 Å². The summed E-state index contributed by atoms with van der Waals surface area (Å²) in [5.74, 6) is 2.11. The molecule has 6 heteroatoms. The second kappa shape index (κ2) is 7.24. The van der Waals surface area contributed by atoms with Crippen molar-refractivity contribution in [2.75, 3.05) is 7.11 Å². The predicted octanol–water partition coefficient (Wildman–Crippen LogP) is 4.20. The number of rotatable bonds is 5. The fourth-order valence-corrected chi connectivity index (χ4v) is 3.65. The summed E-state index contributed by atoms with van der Waals surface area (Å²) in [6, 6.07) is 9.34. The van der Waals surface area contributed by atoms with Crippen molar-refractivity contribution < 1.29 is 13.9 Å². The number of aromatic nitrogens is 1. The lowest BCUT2D eigenvalue weighted by Crippen LogP contribution is -2.11. The lowest BCUT2D eigenvalue weighted by molar-refractivity contribution is 0.200. The largest absolute Gasteiger partial charge is 0.493 e. The molecule has 0 amide bonds. The molecule has 0 spiro atoms. The van der Waals surface area contributed by atoms with Crippen LogP contribution in [-0.2, 0) is 6.42 Å². The molecular formula is C20H19BClNO3. The Labute approximate surface area is 158 Å². The number of fused-ring (bicyclic) bond motifs is 1. The second-order valence-corrected chi connectivity index (χ2v) is 7.07. The van der Waals surface area contributed by atoms with E-state index in [1.54, 1.807) is 19.2 Å². The van der Waals surface area contributed by atoms with Gasteiger partial charge in [-0.1, -0.05) is 23.1 Å². The highest BCUT2D eigenvalue weighted by Crippen LogP contribution is 2.33. The minimum atomic E-state index is 0.269. The van der Waals surface area contributed by atoms with E-state index < -0.39 is 0 Å². The average Bonchev–Trinajstić information content (AvgIpc) is 3.25. The van der Waals surface area contributed by atoms with Crippen LogP contribution in [0.4, 0.5) is 0 Å². The molecular weight excluding hydrogens is 348 g/mol. The van der Waals surface area contributed by atoms with Gasteiger partial charge in [0.1, 0.15) is 18.9 Å². The fraction of sp³-hybridized carbons (Fsp3) is 0.350. The van der Waals surface area contributed by atoms with Gasteiger partial charge in [-0.15, -0.1) is 0 Å². The van der Waals surface area contributed by atoms with Gasteiger partial charge in [-0.2, -0.15) is 0 Å². The Morgan fingerprint density at radius 2 is 2.00 bits per heavy atom. The van der Waals surface area contributed by atoms with Crippen LogP contribution in [0.2, 0.25) is 5.02 Å². The van der Waals surface area contributed by atoms with Gasteiger partial charge >= 0.3 is 0 Å². The van der Waals surface area contributed by atoms with Crippen molar-refractivity contribution in [3.05, 3.63) is 46.8 Å². The van der Waals surface area contributed by atoms with E-state index in [1.165, 1.54) is 12.8 Å². The number of benzene rings is 2. The van der Waals surface area contributed by atoms with Gasteiger partial charge in [0.05, 0.1) is 13.2 Å². The third-order valence-electron chi connectivity index (χ3n) is 4.71. The Kier molecular flexibility index (Phi) is 4.81. The Morgan fingerprint density at radius 3 is 2.77 bits per heavy atom. The third kappa shape index (κ3) is 3.54. The van der Waals surface area contributed by atoms with Crippen LogP contribution in [0.15, 0.2) is 34.7 Å². The molecule has 0 unspecified atom stereocenters. The van der Waals surface area contributed by atoms with E-state index in [-0.39, 0.29) is 6.10 Å². The molecule has 0 bridgehead atoms. The molecule has 1 aliphatic carbocycles. The van der Waals surface area contributed by atoms with Gasteiger partial charge < -0.3 is 13.9 Å². The molecule has 1 saturated carbocycles. The summed E-state index contributed by atoms with van der Waals surface area (Å²) in [7, 11) is 7.62. The van der Waals surface area contributed by atoms with E-state index in [9.17, 15) is 0 Å². The van der Waals surface area contributed by atoms with Gasteiger partial charge in [0.15, 0.2) is 17.4 Å². The summed E-state index contributed by atoms with van der Waals surface area (Å²) >= 11 is 6.04. The van der Waals surface area contributed by atoms with Crippen molar-refractivity contribution in [3.8, 4) is 11.5 Å². The molecule has 1 fully saturated rings. The number of methoxy groups -OCH3 is 1. The molecule has 0 saturated heterocycles. The number of ether oxygens (including phenoxy) is 2. The van der Waals surface area contributed by atoms with E-state index in [4.69, 9.17) is 33.3 Å². The van der Waals surface area contributed by atoms with Crippen LogP contribution in [0, 0.1) is 0 Å². The minimum absolute atomic E-state index is 0.269. The van der Waals surface area contributed by atoms with Crippen molar-refractivity contribution >= 4 is 36.0 Å². The number of nitrogens with zero attached hydrogens (tertiary/aromatic N) is 1. The van der Waals surface area contributed by atoms with Crippen LogP contribution in [0.3, 0.4) is 0 Å². The van der Waals surface area contributed by atoms with Gasteiger partial charge in [-0.3, -0.25) is 0 Å². The number of hydrogen-bond donors (Lipinski definition) is 0. The molecule has 4 nitrogen and oxygen atoms in total. The molecule has 0 aliphatic heterocycles. The first kappa shape index (κ1) is 17.3. The first-order valence-electron chi connectivity index (χ1n) is 8.80. The minimum Gasteiger partial charge on any atom is -0.493 e. The highest BCUT2D eigenvalue weighted by Gasteiger charge is 2.19. The standard InChI is InChI=1S/C20H19BClNO3/c1-24-17-7-6-12(8-18(17)25-14-4-2-3-5-14)9-19-23-16-11-13(22)10-15(21)20(16)26-19/h6-8,10-11,14H,2-5,9H2,1H3. The summed E-state index contributed by atoms with van der Waals surface area (Å²) in [6.45, 7) is 0. The van der Waals surface area contributed by atoms with E-state index in [0.29, 0.717) is 33.9 Å². The van der Waals surface area contributed by atoms with Gasteiger partial charge in [0.25, 0.3) is 0 Å². The highest BCUT2D eigenvalue weighted by atomic mass is 35.5. The zero-order valence-corrected chi connectivity index (χ0v) is 15.4. The quantitative estimate of drug-likeness (QED) is 0.634. The third-order valence-corrected chi connectivity index (χ3v) is 4.93. The van der Waals surface area contributed by atoms with Gasteiger partial charge in [0.2, 0.25) is 0 Å². The molecule has 2 radical (unpaired) electrons. The van der Waals surface area contributed by atoms with Gasteiger partial charge in [-0.25, -0.2) is 4.98 Å². The van der Waals surface area contributed by atoms with E-state index in [2.05, 4.69) is 4.98 Å².